The first kappa shape index (κ1) is 14.6. The number of nitrogen functional groups attached to an aromatic ring is 1. The van der Waals surface area contributed by atoms with Crippen molar-refractivity contribution in [2.24, 2.45) is 5.14 Å². The Morgan fingerprint density at radius 1 is 1.15 bits per heavy atom. The van der Waals surface area contributed by atoms with Crippen molar-refractivity contribution in [2.45, 2.75) is 4.90 Å². The molecular formula is C12H10ClFN2O3S. The molecule has 0 aliphatic carbocycles. The molecule has 2 aromatic carbocycles. The zero-order chi connectivity index (χ0) is 14.9. The maximum Gasteiger partial charge on any atom is 0.238 e. The number of hydrogen-bond acceptors (Lipinski definition) is 4. The maximum atomic E-state index is 13.3. The monoisotopic (exact) mass is 316 g/mol. The van der Waals surface area contributed by atoms with Crippen LogP contribution in [0, 0.1) is 5.82 Å². The van der Waals surface area contributed by atoms with Gasteiger partial charge in [-0.15, -0.1) is 0 Å². The van der Waals surface area contributed by atoms with E-state index < -0.39 is 15.8 Å². The van der Waals surface area contributed by atoms with E-state index in [9.17, 15) is 12.8 Å². The van der Waals surface area contributed by atoms with Gasteiger partial charge in [0.25, 0.3) is 0 Å². The van der Waals surface area contributed by atoms with Gasteiger partial charge in [-0.3, -0.25) is 0 Å². The van der Waals surface area contributed by atoms with Gasteiger partial charge in [0, 0.05) is 12.1 Å². The first-order chi connectivity index (χ1) is 9.27. The fraction of sp³-hybridized carbons (Fsp3) is 0. The summed E-state index contributed by atoms with van der Waals surface area (Å²) in [5.41, 5.74) is 5.86. The van der Waals surface area contributed by atoms with Crippen LogP contribution in [0.2, 0.25) is 5.02 Å². The van der Waals surface area contributed by atoms with Crippen LogP contribution in [0.3, 0.4) is 0 Å². The van der Waals surface area contributed by atoms with E-state index in [-0.39, 0.29) is 27.1 Å². The molecule has 0 aromatic heterocycles. The largest absolute Gasteiger partial charge is 0.455 e. The van der Waals surface area contributed by atoms with E-state index in [1.54, 1.807) is 0 Å². The molecule has 0 unspecified atom stereocenters. The SMILES string of the molecule is Nc1ccc(S(N)(=O)=O)cc1Oc1ccc(Cl)c(F)c1. The number of rotatable bonds is 3. The highest BCUT2D eigenvalue weighted by atomic mass is 35.5. The third-order valence-corrected chi connectivity index (χ3v) is 3.65. The van der Waals surface area contributed by atoms with Crippen molar-refractivity contribution < 1.29 is 17.5 Å². The summed E-state index contributed by atoms with van der Waals surface area (Å²) >= 11 is 5.55. The minimum Gasteiger partial charge on any atom is -0.455 e. The number of sulfonamides is 1. The molecule has 0 amide bonds. The highest BCUT2D eigenvalue weighted by Crippen LogP contribution is 2.31. The smallest absolute Gasteiger partial charge is 0.238 e. The van der Waals surface area contributed by atoms with Gasteiger partial charge in [-0.25, -0.2) is 17.9 Å². The van der Waals surface area contributed by atoms with Gasteiger partial charge in [0.15, 0.2) is 5.75 Å². The predicted molar refractivity (Wildman–Crippen MR) is 73.7 cm³/mol. The van der Waals surface area contributed by atoms with Crippen molar-refractivity contribution in [3.05, 3.63) is 47.2 Å². The molecule has 8 heteroatoms. The average Bonchev–Trinajstić information content (AvgIpc) is 2.35. The number of primary sulfonamides is 1. The van der Waals surface area contributed by atoms with Gasteiger partial charge in [0.05, 0.1) is 15.6 Å². The molecule has 2 aromatic rings. The maximum absolute atomic E-state index is 13.3. The number of ether oxygens (including phenoxy) is 1. The van der Waals surface area contributed by atoms with Crippen molar-refractivity contribution in [1.82, 2.24) is 0 Å². The molecule has 20 heavy (non-hydrogen) atoms. The van der Waals surface area contributed by atoms with Crippen molar-refractivity contribution >= 4 is 27.3 Å². The second-order valence-corrected chi connectivity index (χ2v) is 5.89. The molecule has 0 heterocycles. The van der Waals surface area contributed by atoms with Crippen molar-refractivity contribution in [1.29, 1.82) is 0 Å². The third kappa shape index (κ3) is 3.19. The zero-order valence-corrected chi connectivity index (χ0v) is 11.6. The molecule has 0 spiro atoms. The first-order valence-electron chi connectivity index (χ1n) is 5.32. The lowest BCUT2D eigenvalue weighted by Gasteiger charge is -2.10. The summed E-state index contributed by atoms with van der Waals surface area (Å²) in [6.45, 7) is 0. The highest BCUT2D eigenvalue weighted by molar-refractivity contribution is 7.89. The Balaban J connectivity index is 2.40. The van der Waals surface area contributed by atoms with E-state index in [1.165, 1.54) is 24.3 Å². The van der Waals surface area contributed by atoms with Crippen LogP contribution in [0.1, 0.15) is 0 Å². The highest BCUT2D eigenvalue weighted by Gasteiger charge is 2.12. The van der Waals surface area contributed by atoms with Crippen molar-refractivity contribution in [3.8, 4) is 11.5 Å². The predicted octanol–water partition coefficient (Wildman–Crippen LogP) is 2.50. The van der Waals surface area contributed by atoms with E-state index in [4.69, 9.17) is 27.2 Å². The van der Waals surface area contributed by atoms with Crippen molar-refractivity contribution in [3.63, 3.8) is 0 Å². The van der Waals surface area contributed by atoms with Gasteiger partial charge < -0.3 is 10.5 Å². The molecule has 0 saturated heterocycles. The van der Waals surface area contributed by atoms with E-state index in [2.05, 4.69) is 0 Å². The molecule has 0 atom stereocenters. The second kappa shape index (κ2) is 5.28. The lowest BCUT2D eigenvalue weighted by molar-refractivity contribution is 0.477. The first-order valence-corrected chi connectivity index (χ1v) is 7.25. The van der Waals surface area contributed by atoms with E-state index in [1.807, 2.05) is 0 Å². The summed E-state index contributed by atoms with van der Waals surface area (Å²) in [5, 5.41) is 4.96. The number of nitrogens with two attached hydrogens (primary N) is 2. The van der Waals surface area contributed by atoms with Crippen LogP contribution in [-0.4, -0.2) is 8.42 Å². The molecule has 2 rings (SSSR count). The van der Waals surface area contributed by atoms with Gasteiger partial charge in [-0.05, 0) is 24.3 Å². The number of benzene rings is 2. The molecule has 0 aliphatic heterocycles. The summed E-state index contributed by atoms with van der Waals surface area (Å²) in [4.78, 5) is -0.156. The Bertz CT molecular complexity index is 765. The number of hydrogen-bond donors (Lipinski definition) is 2. The Kier molecular flexibility index (Phi) is 3.85. The number of halogens is 2. The van der Waals surface area contributed by atoms with E-state index in [0.717, 1.165) is 12.1 Å². The van der Waals surface area contributed by atoms with Gasteiger partial charge in [0.2, 0.25) is 10.0 Å². The molecule has 0 aliphatic rings. The Morgan fingerprint density at radius 2 is 1.85 bits per heavy atom. The van der Waals surface area contributed by atoms with Crippen LogP contribution in [0.5, 0.6) is 11.5 Å². The zero-order valence-electron chi connectivity index (χ0n) is 10.0. The Labute approximate surface area is 120 Å². The second-order valence-electron chi connectivity index (χ2n) is 3.92. The van der Waals surface area contributed by atoms with E-state index in [0.29, 0.717) is 0 Å². The van der Waals surface area contributed by atoms with Gasteiger partial charge in [-0.2, -0.15) is 0 Å². The lowest BCUT2D eigenvalue weighted by atomic mass is 10.3. The molecular weight excluding hydrogens is 307 g/mol. The number of anilines is 1. The van der Waals surface area contributed by atoms with Gasteiger partial charge >= 0.3 is 0 Å². The van der Waals surface area contributed by atoms with Gasteiger partial charge in [0.1, 0.15) is 11.6 Å². The van der Waals surface area contributed by atoms with Gasteiger partial charge in [-0.1, -0.05) is 11.6 Å². The van der Waals surface area contributed by atoms with Crippen LogP contribution < -0.4 is 15.6 Å². The molecule has 5 nitrogen and oxygen atoms in total. The Morgan fingerprint density at radius 3 is 2.45 bits per heavy atom. The summed E-state index contributed by atoms with van der Waals surface area (Å²) < 4.78 is 41.1. The molecule has 0 saturated carbocycles. The van der Waals surface area contributed by atoms with Crippen LogP contribution in [0.25, 0.3) is 0 Å². The van der Waals surface area contributed by atoms with E-state index >= 15 is 0 Å². The summed E-state index contributed by atoms with van der Waals surface area (Å²) in [7, 11) is -3.88. The molecule has 106 valence electrons. The fourth-order valence-corrected chi connectivity index (χ4v) is 2.09. The molecule has 0 bridgehead atoms. The molecule has 4 N–H and O–H groups in total. The van der Waals surface area contributed by atoms with Crippen LogP contribution in [-0.2, 0) is 10.0 Å². The normalized spacial score (nSPS) is 11.3. The third-order valence-electron chi connectivity index (χ3n) is 2.43. The standard InChI is InChI=1S/C12H10ClFN2O3S/c13-9-3-1-7(5-10(9)14)19-12-6-8(20(16,17)18)2-4-11(12)15/h1-6H,15H2,(H2,16,17,18). The van der Waals surface area contributed by atoms with Crippen LogP contribution >= 0.6 is 11.6 Å². The summed E-state index contributed by atoms with van der Waals surface area (Å²) in [5.74, 6) is -0.478. The lowest BCUT2D eigenvalue weighted by Crippen LogP contribution is -2.12. The quantitative estimate of drug-likeness (QED) is 0.850. The van der Waals surface area contributed by atoms with Crippen LogP contribution in [0.4, 0.5) is 10.1 Å². The summed E-state index contributed by atoms with van der Waals surface area (Å²) in [6, 6.07) is 7.55. The molecule has 0 radical (unpaired) electrons. The minimum atomic E-state index is -3.88. The fourth-order valence-electron chi connectivity index (χ4n) is 1.45. The Hall–Kier alpha value is -1.83. The van der Waals surface area contributed by atoms with Crippen LogP contribution in [0.15, 0.2) is 41.3 Å². The molecule has 0 fully saturated rings. The van der Waals surface area contributed by atoms with Crippen molar-refractivity contribution in [2.75, 3.05) is 5.73 Å². The summed E-state index contributed by atoms with van der Waals surface area (Å²) in [6.07, 6.45) is 0. The minimum absolute atomic E-state index is 0.0522. The topological polar surface area (TPSA) is 95.4 Å². The average molecular weight is 317 g/mol.